The van der Waals surface area contributed by atoms with Crippen molar-refractivity contribution in [1.29, 1.82) is 0 Å². The summed E-state index contributed by atoms with van der Waals surface area (Å²) in [5.41, 5.74) is 1.05. The number of hydrogen-bond donors (Lipinski definition) is 1. The predicted molar refractivity (Wildman–Crippen MR) is 79.6 cm³/mol. The third-order valence-electron chi connectivity index (χ3n) is 2.86. The molecule has 0 aliphatic heterocycles. The lowest BCUT2D eigenvalue weighted by Gasteiger charge is -2.19. The van der Waals surface area contributed by atoms with E-state index in [2.05, 4.69) is 25.1 Å². The van der Waals surface area contributed by atoms with E-state index in [0.29, 0.717) is 17.2 Å². The second-order valence-electron chi connectivity index (χ2n) is 5.29. The van der Waals surface area contributed by atoms with E-state index in [1.54, 1.807) is 30.3 Å². The molecule has 0 bridgehead atoms. The molecule has 0 aromatic heterocycles. The quantitative estimate of drug-likeness (QED) is 0.780. The molecule has 1 rings (SSSR count). The Morgan fingerprint density at radius 1 is 1.26 bits per heavy atom. The molecule has 19 heavy (non-hydrogen) atoms. The molecule has 0 saturated carbocycles. The fourth-order valence-corrected chi connectivity index (χ4v) is 3.23. The molecule has 0 saturated heterocycles. The molecule has 0 spiro atoms. The zero-order valence-corrected chi connectivity index (χ0v) is 12.7. The zero-order valence-electron chi connectivity index (χ0n) is 11.9. The van der Waals surface area contributed by atoms with Crippen LogP contribution < -0.4 is 4.72 Å². The normalized spacial score (nSPS) is 13.5. The van der Waals surface area contributed by atoms with Gasteiger partial charge in [-0.05, 0) is 37.8 Å². The van der Waals surface area contributed by atoms with Gasteiger partial charge in [-0.2, -0.15) is 0 Å². The van der Waals surface area contributed by atoms with Crippen LogP contribution in [0, 0.1) is 12.8 Å². The van der Waals surface area contributed by atoms with Crippen LogP contribution in [0.15, 0.2) is 41.8 Å². The van der Waals surface area contributed by atoms with Crippen molar-refractivity contribution in [2.24, 2.45) is 5.92 Å². The average Bonchev–Trinajstić information content (AvgIpc) is 2.28. The van der Waals surface area contributed by atoms with Crippen LogP contribution in [0.5, 0.6) is 0 Å². The summed E-state index contributed by atoms with van der Waals surface area (Å²) < 4.78 is 27.3. The number of hydrogen-bond acceptors (Lipinski definition) is 2. The van der Waals surface area contributed by atoms with Crippen molar-refractivity contribution < 1.29 is 8.42 Å². The van der Waals surface area contributed by atoms with Crippen molar-refractivity contribution in [1.82, 2.24) is 4.72 Å². The van der Waals surface area contributed by atoms with Crippen LogP contribution in [0.4, 0.5) is 0 Å². The van der Waals surface area contributed by atoms with Gasteiger partial charge in [0, 0.05) is 6.04 Å². The summed E-state index contributed by atoms with van der Waals surface area (Å²) in [5.74, 6) is 0.436. The van der Waals surface area contributed by atoms with Gasteiger partial charge in [-0.1, -0.05) is 37.6 Å². The highest BCUT2D eigenvalue weighted by Gasteiger charge is 2.19. The van der Waals surface area contributed by atoms with E-state index in [4.69, 9.17) is 0 Å². The standard InChI is InChI=1S/C15H23NO2S/c1-5-6-14(11-12(2)3)16-19(17,18)15-9-7-13(4)8-10-15/h5,7-10,12,14,16H,1,6,11H2,2-4H3. The van der Waals surface area contributed by atoms with Gasteiger partial charge in [0.25, 0.3) is 0 Å². The van der Waals surface area contributed by atoms with Crippen LogP contribution in [0.3, 0.4) is 0 Å². The van der Waals surface area contributed by atoms with Crippen molar-refractivity contribution in [3.05, 3.63) is 42.5 Å². The zero-order chi connectivity index (χ0) is 14.5. The molecule has 3 nitrogen and oxygen atoms in total. The molecule has 0 amide bonds. The molecule has 4 heteroatoms. The first-order chi connectivity index (χ1) is 8.85. The van der Waals surface area contributed by atoms with Gasteiger partial charge in [0.05, 0.1) is 4.90 Å². The molecular formula is C15H23NO2S. The highest BCUT2D eigenvalue weighted by molar-refractivity contribution is 7.89. The first kappa shape index (κ1) is 15.9. The lowest BCUT2D eigenvalue weighted by molar-refractivity contribution is 0.462. The third-order valence-corrected chi connectivity index (χ3v) is 4.40. The topological polar surface area (TPSA) is 46.2 Å². The molecule has 106 valence electrons. The Kier molecular flexibility index (Phi) is 5.76. The molecule has 0 fully saturated rings. The van der Waals surface area contributed by atoms with Gasteiger partial charge in [0.15, 0.2) is 0 Å². The van der Waals surface area contributed by atoms with Gasteiger partial charge >= 0.3 is 0 Å². The van der Waals surface area contributed by atoms with E-state index in [-0.39, 0.29) is 6.04 Å². The SMILES string of the molecule is C=CCC(CC(C)C)NS(=O)(=O)c1ccc(C)cc1. The summed E-state index contributed by atoms with van der Waals surface area (Å²) in [6.07, 6.45) is 3.20. The van der Waals surface area contributed by atoms with E-state index in [0.717, 1.165) is 12.0 Å². The Balaban J connectivity index is 2.87. The Labute approximate surface area is 116 Å². The van der Waals surface area contributed by atoms with Crippen molar-refractivity contribution in [3.63, 3.8) is 0 Å². The van der Waals surface area contributed by atoms with E-state index in [9.17, 15) is 8.42 Å². The molecule has 0 heterocycles. The fourth-order valence-electron chi connectivity index (χ4n) is 1.97. The highest BCUT2D eigenvalue weighted by Crippen LogP contribution is 2.14. The van der Waals surface area contributed by atoms with Crippen LogP contribution in [-0.2, 0) is 10.0 Å². The highest BCUT2D eigenvalue weighted by atomic mass is 32.2. The minimum absolute atomic E-state index is 0.0937. The van der Waals surface area contributed by atoms with Gasteiger partial charge in [-0.25, -0.2) is 13.1 Å². The molecule has 1 atom stereocenters. The number of sulfonamides is 1. The van der Waals surface area contributed by atoms with Crippen molar-refractivity contribution >= 4 is 10.0 Å². The summed E-state index contributed by atoms with van der Waals surface area (Å²) in [4.78, 5) is 0.316. The third kappa shape index (κ3) is 5.17. The Bertz CT molecular complexity index is 503. The molecule has 1 aromatic carbocycles. The maximum Gasteiger partial charge on any atom is 0.240 e. The molecular weight excluding hydrogens is 258 g/mol. The van der Waals surface area contributed by atoms with Gasteiger partial charge < -0.3 is 0 Å². The van der Waals surface area contributed by atoms with E-state index in [1.165, 1.54) is 0 Å². The van der Waals surface area contributed by atoms with Crippen LogP contribution in [0.1, 0.15) is 32.3 Å². The monoisotopic (exact) mass is 281 g/mol. The predicted octanol–water partition coefficient (Wildman–Crippen LogP) is 3.26. The largest absolute Gasteiger partial charge is 0.240 e. The van der Waals surface area contributed by atoms with Crippen molar-refractivity contribution in [3.8, 4) is 0 Å². The molecule has 0 radical (unpaired) electrons. The van der Waals surface area contributed by atoms with Crippen LogP contribution in [0.25, 0.3) is 0 Å². The summed E-state index contributed by atoms with van der Waals surface area (Å²) in [6, 6.07) is 6.79. The average molecular weight is 281 g/mol. The van der Waals surface area contributed by atoms with Crippen LogP contribution >= 0.6 is 0 Å². The number of aryl methyl sites for hydroxylation is 1. The molecule has 1 aromatic rings. The molecule has 0 aliphatic rings. The first-order valence-electron chi connectivity index (χ1n) is 6.55. The van der Waals surface area contributed by atoms with Gasteiger partial charge in [0.2, 0.25) is 10.0 Å². The van der Waals surface area contributed by atoms with Crippen LogP contribution in [-0.4, -0.2) is 14.5 Å². The fraction of sp³-hybridized carbons (Fsp3) is 0.467. The molecule has 0 aliphatic carbocycles. The van der Waals surface area contributed by atoms with E-state index in [1.807, 2.05) is 6.92 Å². The summed E-state index contributed by atoms with van der Waals surface area (Å²) in [6.45, 7) is 9.78. The molecule has 1 N–H and O–H groups in total. The lowest BCUT2D eigenvalue weighted by atomic mass is 10.0. The maximum atomic E-state index is 12.3. The number of rotatable bonds is 7. The van der Waals surface area contributed by atoms with Gasteiger partial charge in [-0.3, -0.25) is 0 Å². The van der Waals surface area contributed by atoms with Gasteiger partial charge in [0.1, 0.15) is 0 Å². The van der Waals surface area contributed by atoms with Crippen molar-refractivity contribution in [2.75, 3.05) is 0 Å². The lowest BCUT2D eigenvalue weighted by Crippen LogP contribution is -2.35. The first-order valence-corrected chi connectivity index (χ1v) is 8.03. The minimum Gasteiger partial charge on any atom is -0.208 e. The summed E-state index contributed by atoms with van der Waals surface area (Å²) >= 11 is 0. The Morgan fingerprint density at radius 3 is 2.32 bits per heavy atom. The molecule has 1 unspecified atom stereocenters. The van der Waals surface area contributed by atoms with E-state index < -0.39 is 10.0 Å². The number of benzene rings is 1. The summed E-state index contributed by atoms with van der Waals surface area (Å²) in [5, 5.41) is 0. The Morgan fingerprint density at radius 2 is 1.84 bits per heavy atom. The second kappa shape index (κ2) is 6.87. The summed E-state index contributed by atoms with van der Waals surface area (Å²) in [7, 11) is -3.44. The van der Waals surface area contributed by atoms with E-state index >= 15 is 0 Å². The minimum atomic E-state index is -3.44. The number of nitrogens with one attached hydrogen (secondary N) is 1. The van der Waals surface area contributed by atoms with Crippen LogP contribution in [0.2, 0.25) is 0 Å². The van der Waals surface area contributed by atoms with Gasteiger partial charge in [-0.15, -0.1) is 6.58 Å². The van der Waals surface area contributed by atoms with Crippen molar-refractivity contribution in [2.45, 2.75) is 44.6 Å². The maximum absolute atomic E-state index is 12.3. The Hall–Kier alpha value is -1.13. The second-order valence-corrected chi connectivity index (χ2v) is 7.00. The smallest absolute Gasteiger partial charge is 0.208 e.